The van der Waals surface area contributed by atoms with Crippen LogP contribution in [0.5, 0.6) is 0 Å². The van der Waals surface area contributed by atoms with Crippen molar-refractivity contribution < 1.29 is 26.7 Å². The number of carbonyl (C=O) groups is 1. The SMILES string of the molecule is O=C(Cc1ccc(F)c(Cc2ncccc2-c2ncnc3c2N=CC3)c1F)c1ccc(N2CCCC2)c(C(F)(F)F)c1. The number of ketones is 1. The largest absolute Gasteiger partial charge is 0.418 e. The van der Waals surface area contributed by atoms with Crippen LogP contribution in [-0.2, 0) is 25.4 Å². The molecule has 11 heteroatoms. The van der Waals surface area contributed by atoms with Crippen LogP contribution >= 0.6 is 0 Å². The van der Waals surface area contributed by atoms with Crippen molar-refractivity contribution in [1.82, 2.24) is 15.0 Å². The third-order valence-corrected chi connectivity index (χ3v) is 7.58. The summed E-state index contributed by atoms with van der Waals surface area (Å²) in [6.45, 7) is 1.01. The molecule has 42 heavy (non-hydrogen) atoms. The lowest BCUT2D eigenvalue weighted by Gasteiger charge is -2.23. The number of carbonyl (C=O) groups excluding carboxylic acids is 1. The standard InChI is InChI=1S/C31H24F5N5O/c32-23-7-5-19(15-27(42)18-6-8-26(41-12-1-2-13-41)22(14-18)31(34,35)36)28(33)21(23)16-25-20(4-3-10-37-25)29-30-24(9-11-38-30)39-17-40-29/h3-8,10-11,14,17H,1-2,9,12-13,15-16H2. The highest BCUT2D eigenvalue weighted by molar-refractivity contribution is 5.98. The van der Waals surface area contributed by atoms with Gasteiger partial charge < -0.3 is 4.90 Å². The third-order valence-electron chi connectivity index (χ3n) is 7.58. The molecule has 0 atom stereocenters. The molecule has 2 aliphatic heterocycles. The van der Waals surface area contributed by atoms with Gasteiger partial charge in [0.25, 0.3) is 0 Å². The van der Waals surface area contributed by atoms with Crippen molar-refractivity contribution in [2.24, 2.45) is 4.99 Å². The fourth-order valence-corrected chi connectivity index (χ4v) is 5.47. The number of alkyl halides is 3. The molecule has 1 fully saturated rings. The second kappa shape index (κ2) is 11.0. The van der Waals surface area contributed by atoms with E-state index in [-0.39, 0.29) is 28.8 Å². The summed E-state index contributed by atoms with van der Waals surface area (Å²) in [5, 5.41) is 0. The fourth-order valence-electron chi connectivity index (χ4n) is 5.47. The summed E-state index contributed by atoms with van der Waals surface area (Å²) in [4.78, 5) is 32.0. The van der Waals surface area contributed by atoms with Crippen LogP contribution in [0.1, 0.15) is 51.3 Å². The highest BCUT2D eigenvalue weighted by atomic mass is 19.4. The molecule has 0 N–H and O–H groups in total. The van der Waals surface area contributed by atoms with Crippen LogP contribution < -0.4 is 4.90 Å². The average Bonchev–Trinajstić information content (AvgIpc) is 3.69. The van der Waals surface area contributed by atoms with Gasteiger partial charge in [-0.3, -0.25) is 14.8 Å². The first-order valence-electron chi connectivity index (χ1n) is 13.5. The summed E-state index contributed by atoms with van der Waals surface area (Å²) >= 11 is 0. The van der Waals surface area contributed by atoms with Gasteiger partial charge in [-0.2, -0.15) is 13.2 Å². The van der Waals surface area contributed by atoms with E-state index in [0.717, 1.165) is 36.7 Å². The summed E-state index contributed by atoms with van der Waals surface area (Å²) in [6, 6.07) is 9.04. The van der Waals surface area contributed by atoms with E-state index in [4.69, 9.17) is 0 Å². The van der Waals surface area contributed by atoms with Crippen LogP contribution in [0.2, 0.25) is 0 Å². The van der Waals surface area contributed by atoms with Crippen molar-refractivity contribution in [1.29, 1.82) is 0 Å². The van der Waals surface area contributed by atoms with Crippen molar-refractivity contribution in [3.05, 3.63) is 100 Å². The Labute approximate surface area is 238 Å². The average molecular weight is 578 g/mol. The van der Waals surface area contributed by atoms with E-state index in [2.05, 4.69) is 19.9 Å². The van der Waals surface area contributed by atoms with Gasteiger partial charge in [-0.05, 0) is 54.8 Å². The minimum absolute atomic E-state index is 0.0259. The molecule has 1 saturated heterocycles. The molecule has 0 spiro atoms. The normalized spacial score (nSPS) is 14.5. The molecule has 0 amide bonds. The first-order valence-corrected chi connectivity index (χ1v) is 13.5. The van der Waals surface area contributed by atoms with E-state index >= 15 is 4.39 Å². The van der Waals surface area contributed by atoms with Crippen molar-refractivity contribution in [2.45, 2.75) is 38.3 Å². The Morgan fingerprint density at radius 1 is 0.976 bits per heavy atom. The van der Waals surface area contributed by atoms with Gasteiger partial charge in [-0.15, -0.1) is 0 Å². The molecule has 6 nitrogen and oxygen atoms in total. The molecule has 6 rings (SSSR count). The number of aromatic nitrogens is 3. The second-order valence-electron chi connectivity index (χ2n) is 10.2. The number of fused-ring (bicyclic) bond motifs is 1. The zero-order valence-electron chi connectivity index (χ0n) is 22.3. The Hall–Kier alpha value is -4.54. The fraction of sp³-hybridized carbons (Fsp3) is 0.258. The van der Waals surface area contributed by atoms with Crippen LogP contribution in [0.15, 0.2) is 60.0 Å². The quantitative estimate of drug-likeness (QED) is 0.180. The molecule has 0 aliphatic carbocycles. The summed E-state index contributed by atoms with van der Waals surface area (Å²) in [7, 11) is 0. The number of halogens is 5. The molecule has 2 aromatic carbocycles. The Morgan fingerprint density at radius 2 is 1.79 bits per heavy atom. The summed E-state index contributed by atoms with van der Waals surface area (Å²) in [5.74, 6) is -2.49. The minimum atomic E-state index is -4.67. The van der Waals surface area contributed by atoms with Gasteiger partial charge in [-0.25, -0.2) is 18.7 Å². The van der Waals surface area contributed by atoms with E-state index in [9.17, 15) is 22.4 Å². The monoisotopic (exact) mass is 577 g/mol. The number of nitrogens with zero attached hydrogens (tertiary/aromatic N) is 5. The Balaban J connectivity index is 1.30. The van der Waals surface area contributed by atoms with Crippen molar-refractivity contribution in [3.8, 4) is 11.3 Å². The van der Waals surface area contributed by atoms with Gasteiger partial charge in [0.2, 0.25) is 0 Å². The van der Waals surface area contributed by atoms with E-state index in [0.29, 0.717) is 42.1 Å². The molecule has 0 unspecified atom stereocenters. The Bertz CT molecular complexity index is 1710. The van der Waals surface area contributed by atoms with E-state index in [1.807, 2.05) is 0 Å². The van der Waals surface area contributed by atoms with Gasteiger partial charge in [0.15, 0.2) is 5.78 Å². The number of rotatable bonds is 7. The zero-order valence-corrected chi connectivity index (χ0v) is 22.3. The van der Waals surface area contributed by atoms with Gasteiger partial charge in [0.1, 0.15) is 29.3 Å². The number of pyridine rings is 1. The molecular weight excluding hydrogens is 553 g/mol. The first kappa shape index (κ1) is 27.6. The highest BCUT2D eigenvalue weighted by Crippen LogP contribution is 2.39. The van der Waals surface area contributed by atoms with Crippen LogP contribution in [0.3, 0.4) is 0 Å². The van der Waals surface area contributed by atoms with Crippen LogP contribution in [-0.4, -0.2) is 40.0 Å². The predicted molar refractivity (Wildman–Crippen MR) is 147 cm³/mol. The van der Waals surface area contributed by atoms with Gasteiger partial charge in [0, 0.05) is 67.1 Å². The van der Waals surface area contributed by atoms with Crippen LogP contribution in [0.25, 0.3) is 11.3 Å². The van der Waals surface area contributed by atoms with Gasteiger partial charge in [0.05, 0.1) is 17.0 Å². The molecule has 4 aromatic rings. The van der Waals surface area contributed by atoms with Gasteiger partial charge >= 0.3 is 6.18 Å². The van der Waals surface area contributed by atoms with E-state index < -0.39 is 35.6 Å². The lowest BCUT2D eigenvalue weighted by molar-refractivity contribution is -0.137. The predicted octanol–water partition coefficient (Wildman–Crippen LogP) is 6.71. The molecule has 0 saturated carbocycles. The molecule has 0 bridgehead atoms. The van der Waals surface area contributed by atoms with E-state index in [1.165, 1.54) is 24.7 Å². The minimum Gasteiger partial charge on any atom is -0.371 e. The topological polar surface area (TPSA) is 71.3 Å². The maximum Gasteiger partial charge on any atom is 0.418 e. The number of anilines is 1. The number of hydrogen-bond donors (Lipinski definition) is 0. The van der Waals surface area contributed by atoms with Gasteiger partial charge in [-0.1, -0.05) is 6.07 Å². The summed E-state index contributed by atoms with van der Waals surface area (Å²) < 4.78 is 72.4. The Kier molecular flexibility index (Phi) is 7.26. The molecule has 2 aliphatic rings. The third kappa shape index (κ3) is 5.26. The van der Waals surface area contributed by atoms with E-state index in [1.54, 1.807) is 23.2 Å². The summed E-state index contributed by atoms with van der Waals surface area (Å²) in [5.41, 5.74) is 1.16. The lowest BCUT2D eigenvalue weighted by Crippen LogP contribution is -2.22. The van der Waals surface area contributed by atoms with Crippen molar-refractivity contribution in [3.63, 3.8) is 0 Å². The molecular formula is C31H24F5N5O. The number of hydrogen-bond acceptors (Lipinski definition) is 6. The Morgan fingerprint density at radius 3 is 2.57 bits per heavy atom. The molecule has 0 radical (unpaired) electrons. The molecule has 214 valence electrons. The second-order valence-corrected chi connectivity index (χ2v) is 10.2. The highest BCUT2D eigenvalue weighted by Gasteiger charge is 2.36. The first-order chi connectivity index (χ1) is 20.2. The maximum atomic E-state index is 15.7. The maximum absolute atomic E-state index is 15.7. The van der Waals surface area contributed by atoms with Crippen molar-refractivity contribution in [2.75, 3.05) is 18.0 Å². The molecule has 2 aromatic heterocycles. The number of benzene rings is 2. The van der Waals surface area contributed by atoms with Crippen LogP contribution in [0, 0.1) is 11.6 Å². The lowest BCUT2D eigenvalue weighted by atomic mass is 9.95. The van der Waals surface area contributed by atoms with Crippen LogP contribution in [0.4, 0.5) is 33.3 Å². The zero-order chi connectivity index (χ0) is 29.4. The smallest absolute Gasteiger partial charge is 0.371 e. The number of Topliss-reactive ketones (excluding diaryl/α,β-unsaturated/α-hetero) is 1. The van der Waals surface area contributed by atoms with Crippen molar-refractivity contribution >= 4 is 23.4 Å². The molecule has 4 heterocycles. The number of aliphatic imine (C=N–C) groups is 1. The summed E-state index contributed by atoms with van der Waals surface area (Å²) in [6.07, 6.45) is 1.27.